The summed E-state index contributed by atoms with van der Waals surface area (Å²) in [5.74, 6) is 0.301. The Balaban J connectivity index is 1.36. The molecule has 33 heavy (non-hydrogen) atoms. The molecule has 1 fully saturated rings. The molecule has 1 atom stereocenters. The maximum absolute atomic E-state index is 11.8. The van der Waals surface area contributed by atoms with E-state index in [1.165, 1.54) is 43.4 Å². The van der Waals surface area contributed by atoms with Crippen LogP contribution in [0.15, 0.2) is 48.0 Å². The molecule has 1 N–H and O–H groups in total. The molecule has 1 aliphatic heterocycles. The highest BCUT2D eigenvalue weighted by molar-refractivity contribution is 7.11. The first kappa shape index (κ1) is 21.8. The summed E-state index contributed by atoms with van der Waals surface area (Å²) in [6.07, 6.45) is 8.11. The van der Waals surface area contributed by atoms with Crippen LogP contribution in [-0.2, 0) is 22.4 Å². The Hall–Kier alpha value is -3.06. The van der Waals surface area contributed by atoms with Crippen molar-refractivity contribution >= 4 is 23.1 Å². The van der Waals surface area contributed by atoms with E-state index in [0.717, 1.165) is 34.2 Å². The first-order valence-corrected chi connectivity index (χ1v) is 12.4. The second-order valence-electron chi connectivity index (χ2n) is 8.84. The molecule has 0 bridgehead atoms. The van der Waals surface area contributed by atoms with Crippen LogP contribution >= 0.6 is 11.3 Å². The van der Waals surface area contributed by atoms with Crippen molar-refractivity contribution in [2.75, 3.05) is 0 Å². The number of benzene rings is 1. The van der Waals surface area contributed by atoms with E-state index in [-0.39, 0.29) is 6.29 Å². The van der Waals surface area contributed by atoms with E-state index in [1.807, 2.05) is 30.5 Å². The monoisotopic (exact) mass is 464 g/mol. The van der Waals surface area contributed by atoms with Crippen LogP contribution < -0.4 is 0 Å². The van der Waals surface area contributed by atoms with E-state index in [4.69, 9.17) is 14.5 Å². The van der Waals surface area contributed by atoms with Gasteiger partial charge in [0, 0.05) is 24.0 Å². The maximum Gasteiger partial charge on any atom is 0.337 e. The minimum absolute atomic E-state index is 0.345. The molecule has 0 saturated heterocycles. The fraction of sp³-hybridized carbons (Fsp3) is 0.385. The third-order valence-electron chi connectivity index (χ3n) is 6.57. The third kappa shape index (κ3) is 4.69. The van der Waals surface area contributed by atoms with E-state index >= 15 is 0 Å². The lowest BCUT2D eigenvalue weighted by atomic mass is 9.89. The van der Waals surface area contributed by atoms with Gasteiger partial charge in [0.2, 0.25) is 6.29 Å². The summed E-state index contributed by atoms with van der Waals surface area (Å²) in [4.78, 5) is 16.6. The summed E-state index contributed by atoms with van der Waals surface area (Å²) in [7, 11) is 0. The quantitative estimate of drug-likeness (QED) is 0.456. The topological polar surface area (TPSA) is 73.6 Å². The Morgan fingerprint density at radius 1 is 1.21 bits per heavy atom. The van der Waals surface area contributed by atoms with Crippen LogP contribution in [0.1, 0.15) is 58.7 Å². The van der Waals surface area contributed by atoms with Crippen LogP contribution in [0.3, 0.4) is 0 Å². The molecule has 7 heteroatoms. The van der Waals surface area contributed by atoms with Gasteiger partial charge in [0.05, 0.1) is 17.0 Å². The summed E-state index contributed by atoms with van der Waals surface area (Å²) in [6, 6.07) is 11.9. The normalized spacial score (nSPS) is 18.6. The standard InChI is InChI=1S/C26H28N2O4S/c1-17-20(26(29)30)13-22(28(17)14-19-10-6-3-7-11-19)21-16-33-25(27-21)23-15-31-24(32-23)12-18-8-4-2-5-9-18/h2,4-5,8-9,13,15-16,19,24H,3,6-7,10-12,14H2,1H3,(H,29,30). The van der Waals surface area contributed by atoms with Gasteiger partial charge in [-0.25, -0.2) is 9.78 Å². The Kier molecular flexibility index (Phi) is 6.22. The number of hydrogen-bond donors (Lipinski definition) is 1. The van der Waals surface area contributed by atoms with E-state index in [1.54, 1.807) is 12.3 Å². The highest BCUT2D eigenvalue weighted by Gasteiger charge is 2.26. The van der Waals surface area contributed by atoms with Crippen LogP contribution in [0.25, 0.3) is 17.1 Å². The lowest BCUT2D eigenvalue weighted by Gasteiger charge is -2.24. The zero-order valence-corrected chi connectivity index (χ0v) is 19.5. The predicted molar refractivity (Wildman–Crippen MR) is 128 cm³/mol. The van der Waals surface area contributed by atoms with Crippen LogP contribution in [-0.4, -0.2) is 26.9 Å². The van der Waals surface area contributed by atoms with Gasteiger partial charge in [0.1, 0.15) is 6.26 Å². The average Bonchev–Trinajstić information content (AvgIpc) is 3.55. The first-order valence-electron chi connectivity index (χ1n) is 11.5. The summed E-state index contributed by atoms with van der Waals surface area (Å²) in [5.41, 5.74) is 3.92. The minimum Gasteiger partial charge on any atom is -0.478 e. The molecule has 1 unspecified atom stereocenters. The maximum atomic E-state index is 11.8. The van der Waals surface area contributed by atoms with Crippen LogP contribution in [0.2, 0.25) is 0 Å². The molecule has 3 heterocycles. The van der Waals surface area contributed by atoms with Gasteiger partial charge in [0.25, 0.3) is 0 Å². The zero-order chi connectivity index (χ0) is 22.8. The van der Waals surface area contributed by atoms with Crippen molar-refractivity contribution in [1.29, 1.82) is 0 Å². The van der Waals surface area contributed by atoms with Gasteiger partial charge in [-0.05, 0) is 37.3 Å². The van der Waals surface area contributed by atoms with Crippen molar-refractivity contribution in [2.45, 2.75) is 58.3 Å². The molecule has 0 amide bonds. The minimum atomic E-state index is -0.898. The number of carbonyl (C=O) groups is 1. The average molecular weight is 465 g/mol. The second-order valence-corrected chi connectivity index (χ2v) is 9.70. The van der Waals surface area contributed by atoms with Crippen LogP contribution in [0.4, 0.5) is 0 Å². The Morgan fingerprint density at radius 3 is 2.76 bits per heavy atom. The van der Waals surface area contributed by atoms with Crippen molar-refractivity contribution in [3.8, 4) is 11.4 Å². The van der Waals surface area contributed by atoms with Gasteiger partial charge in [-0.15, -0.1) is 11.3 Å². The number of aromatic carboxylic acids is 1. The number of carboxylic acids is 1. The zero-order valence-electron chi connectivity index (χ0n) is 18.7. The molecule has 172 valence electrons. The Labute approximate surface area is 197 Å². The molecule has 5 rings (SSSR count). The lowest BCUT2D eigenvalue weighted by Crippen LogP contribution is -2.16. The molecule has 0 radical (unpaired) electrons. The van der Waals surface area contributed by atoms with E-state index < -0.39 is 5.97 Å². The number of aromatic nitrogens is 2. The van der Waals surface area contributed by atoms with E-state index in [9.17, 15) is 9.90 Å². The molecular weight excluding hydrogens is 436 g/mol. The third-order valence-corrected chi connectivity index (χ3v) is 7.43. The largest absolute Gasteiger partial charge is 0.478 e. The molecule has 0 spiro atoms. The summed E-state index contributed by atoms with van der Waals surface area (Å²) in [5, 5.41) is 12.4. The SMILES string of the molecule is Cc1c(C(=O)O)cc(-c2csc(C3=COC(Cc4ccccc4)O3)n2)n1CC1CCCCC1. The van der Waals surface area contributed by atoms with Gasteiger partial charge in [-0.1, -0.05) is 49.6 Å². The molecule has 1 aliphatic carbocycles. The Bertz CT molecular complexity index is 1160. The summed E-state index contributed by atoms with van der Waals surface area (Å²) >= 11 is 1.48. The smallest absolute Gasteiger partial charge is 0.337 e. The molecule has 2 aliphatic rings. The highest BCUT2D eigenvalue weighted by atomic mass is 32.1. The number of hydrogen-bond acceptors (Lipinski definition) is 5. The van der Waals surface area contributed by atoms with E-state index in [2.05, 4.69) is 16.7 Å². The first-order chi connectivity index (χ1) is 16.1. The second kappa shape index (κ2) is 9.43. The van der Waals surface area contributed by atoms with Crippen molar-refractivity contribution in [3.05, 3.63) is 69.9 Å². The molecular formula is C26H28N2O4S. The molecule has 1 aromatic carbocycles. The van der Waals surface area contributed by atoms with Crippen LogP contribution in [0.5, 0.6) is 0 Å². The fourth-order valence-electron chi connectivity index (χ4n) is 4.77. The number of rotatable bonds is 7. The van der Waals surface area contributed by atoms with Crippen molar-refractivity contribution in [2.24, 2.45) is 5.92 Å². The fourth-order valence-corrected chi connectivity index (χ4v) is 5.53. The molecule has 1 saturated carbocycles. The Morgan fingerprint density at radius 2 is 2.00 bits per heavy atom. The van der Waals surface area contributed by atoms with Crippen molar-refractivity contribution in [1.82, 2.24) is 9.55 Å². The van der Waals surface area contributed by atoms with Gasteiger partial charge in [0.15, 0.2) is 10.8 Å². The summed E-state index contributed by atoms with van der Waals surface area (Å²) < 4.78 is 13.9. The van der Waals surface area contributed by atoms with Crippen molar-refractivity contribution < 1.29 is 19.4 Å². The van der Waals surface area contributed by atoms with Crippen molar-refractivity contribution in [3.63, 3.8) is 0 Å². The van der Waals surface area contributed by atoms with Gasteiger partial charge < -0.3 is 19.1 Å². The van der Waals surface area contributed by atoms with Crippen LogP contribution in [0, 0.1) is 12.8 Å². The molecule has 6 nitrogen and oxygen atoms in total. The lowest BCUT2D eigenvalue weighted by molar-refractivity contribution is -0.0136. The molecule has 2 aromatic heterocycles. The molecule has 3 aromatic rings. The number of thiazole rings is 1. The summed E-state index contributed by atoms with van der Waals surface area (Å²) in [6.45, 7) is 2.73. The number of carboxylic acid groups (broad SMARTS) is 1. The number of nitrogens with zero attached hydrogens (tertiary/aromatic N) is 2. The number of ether oxygens (including phenoxy) is 2. The predicted octanol–water partition coefficient (Wildman–Crippen LogP) is 6.11. The highest BCUT2D eigenvalue weighted by Crippen LogP contribution is 2.34. The van der Waals surface area contributed by atoms with Gasteiger partial charge in [-0.2, -0.15) is 0 Å². The van der Waals surface area contributed by atoms with E-state index in [0.29, 0.717) is 23.7 Å². The van der Waals surface area contributed by atoms with Gasteiger partial charge >= 0.3 is 5.97 Å². The van der Waals surface area contributed by atoms with Gasteiger partial charge in [-0.3, -0.25) is 0 Å².